The molecule has 0 aliphatic carbocycles. The number of methoxy groups -OCH3 is 1. The van der Waals surface area contributed by atoms with E-state index in [1.54, 1.807) is 0 Å². The highest BCUT2D eigenvalue weighted by Gasteiger charge is 2.10. The summed E-state index contributed by atoms with van der Waals surface area (Å²) in [4.78, 5) is 10.7. The molecule has 0 saturated heterocycles. The van der Waals surface area contributed by atoms with Crippen molar-refractivity contribution in [3.63, 3.8) is 0 Å². The summed E-state index contributed by atoms with van der Waals surface area (Å²) in [5.41, 5.74) is 0. The van der Waals surface area contributed by atoms with Crippen LogP contribution in [-0.2, 0) is 9.53 Å². The molecule has 0 radical (unpaired) electrons. The molecule has 0 heterocycles. The maximum atomic E-state index is 10.7. The predicted octanol–water partition coefficient (Wildman–Crippen LogP) is 1.21. The Morgan fingerprint density at radius 3 is 2.80 bits per heavy atom. The summed E-state index contributed by atoms with van der Waals surface area (Å²) in [5.74, 6) is 2.22. The fourth-order valence-corrected chi connectivity index (χ4v) is 0.619. The third-order valence-corrected chi connectivity index (χ3v) is 1.33. The third kappa shape index (κ3) is 3.13. The van der Waals surface area contributed by atoms with Crippen LogP contribution in [0.15, 0.2) is 0 Å². The Morgan fingerprint density at radius 2 is 2.40 bits per heavy atom. The molecule has 0 amide bonds. The summed E-state index contributed by atoms with van der Waals surface area (Å²) in [6.45, 7) is 1.81. The number of carbonyl (C=O) groups excluding carboxylic acids is 1. The van der Waals surface area contributed by atoms with Crippen LogP contribution in [0.25, 0.3) is 0 Å². The Balaban J connectivity index is 3.53. The molecule has 0 N–H and O–H groups in total. The first kappa shape index (κ1) is 9.03. The lowest BCUT2D eigenvalue weighted by atomic mass is 10.1. The molecule has 1 atom stereocenters. The summed E-state index contributed by atoms with van der Waals surface area (Å²) >= 11 is 0. The van der Waals surface area contributed by atoms with Crippen LogP contribution in [0, 0.1) is 18.3 Å². The van der Waals surface area contributed by atoms with Crippen LogP contribution in [0.3, 0.4) is 0 Å². The van der Waals surface area contributed by atoms with E-state index in [-0.39, 0.29) is 11.9 Å². The molecule has 0 unspecified atom stereocenters. The maximum absolute atomic E-state index is 10.7. The molecule has 0 aliphatic rings. The number of rotatable bonds is 3. The van der Waals surface area contributed by atoms with Gasteiger partial charge in [0.15, 0.2) is 0 Å². The van der Waals surface area contributed by atoms with Gasteiger partial charge in [0.25, 0.3) is 0 Å². The zero-order valence-corrected chi connectivity index (χ0v) is 6.39. The maximum Gasteiger partial charge on any atom is 0.308 e. The van der Waals surface area contributed by atoms with Crippen molar-refractivity contribution in [2.75, 3.05) is 7.11 Å². The minimum absolute atomic E-state index is 0.0685. The highest BCUT2D eigenvalue weighted by atomic mass is 16.5. The second-order valence-electron chi connectivity index (χ2n) is 2.17. The lowest BCUT2D eigenvalue weighted by Crippen LogP contribution is -2.11. The smallest absolute Gasteiger partial charge is 0.308 e. The fourth-order valence-electron chi connectivity index (χ4n) is 0.619. The van der Waals surface area contributed by atoms with Gasteiger partial charge in [-0.05, 0) is 6.42 Å². The first-order valence-corrected chi connectivity index (χ1v) is 3.23. The van der Waals surface area contributed by atoms with Crippen molar-refractivity contribution in [3.8, 4) is 12.3 Å². The normalized spacial score (nSPS) is 11.7. The van der Waals surface area contributed by atoms with Crippen molar-refractivity contribution < 1.29 is 9.53 Å². The molecular weight excluding hydrogens is 128 g/mol. The highest BCUT2D eigenvalue weighted by molar-refractivity contribution is 5.71. The molecule has 0 aliphatic heterocycles. The first-order chi connectivity index (χ1) is 4.72. The molecule has 56 valence electrons. The lowest BCUT2D eigenvalue weighted by Gasteiger charge is -2.04. The van der Waals surface area contributed by atoms with Gasteiger partial charge >= 0.3 is 5.97 Å². The second kappa shape index (κ2) is 4.87. The van der Waals surface area contributed by atoms with Crippen LogP contribution >= 0.6 is 0 Å². The van der Waals surface area contributed by atoms with Crippen LogP contribution in [0.5, 0.6) is 0 Å². The number of hydrogen-bond donors (Lipinski definition) is 0. The van der Waals surface area contributed by atoms with Gasteiger partial charge in [-0.2, -0.15) is 0 Å². The van der Waals surface area contributed by atoms with Gasteiger partial charge in [-0.3, -0.25) is 4.79 Å². The highest BCUT2D eigenvalue weighted by Crippen LogP contribution is 2.05. The monoisotopic (exact) mass is 140 g/mol. The third-order valence-electron chi connectivity index (χ3n) is 1.33. The van der Waals surface area contributed by atoms with Gasteiger partial charge in [-0.25, -0.2) is 0 Å². The molecule has 0 aromatic heterocycles. The van der Waals surface area contributed by atoms with Crippen LogP contribution in [0.1, 0.15) is 19.8 Å². The van der Waals surface area contributed by atoms with Crippen molar-refractivity contribution >= 4 is 5.97 Å². The first-order valence-electron chi connectivity index (χ1n) is 3.23. The van der Waals surface area contributed by atoms with E-state index in [0.29, 0.717) is 12.8 Å². The van der Waals surface area contributed by atoms with Crippen molar-refractivity contribution in [2.45, 2.75) is 19.8 Å². The SMILES string of the molecule is C#CCC[C@H](C)C(=O)OC. The van der Waals surface area contributed by atoms with Crippen LogP contribution < -0.4 is 0 Å². The van der Waals surface area contributed by atoms with Gasteiger partial charge in [-0.1, -0.05) is 6.92 Å². The fraction of sp³-hybridized carbons (Fsp3) is 0.625. The van der Waals surface area contributed by atoms with Gasteiger partial charge < -0.3 is 4.74 Å². The molecule has 2 nitrogen and oxygen atoms in total. The van der Waals surface area contributed by atoms with Crippen molar-refractivity contribution in [1.82, 2.24) is 0 Å². The van der Waals surface area contributed by atoms with E-state index in [1.807, 2.05) is 6.92 Å². The number of terminal acetylenes is 1. The largest absolute Gasteiger partial charge is 0.469 e. The average Bonchev–Trinajstić information content (AvgIpc) is 1.98. The Hall–Kier alpha value is -0.970. The van der Waals surface area contributed by atoms with E-state index in [2.05, 4.69) is 10.7 Å². The summed E-state index contributed by atoms with van der Waals surface area (Å²) in [6, 6.07) is 0. The van der Waals surface area contributed by atoms with Gasteiger partial charge in [0.05, 0.1) is 13.0 Å². The molecule has 0 rings (SSSR count). The van der Waals surface area contributed by atoms with Gasteiger partial charge in [0.2, 0.25) is 0 Å². The van der Waals surface area contributed by atoms with Crippen LogP contribution in [0.2, 0.25) is 0 Å². The minimum Gasteiger partial charge on any atom is -0.469 e. The lowest BCUT2D eigenvalue weighted by molar-refractivity contribution is -0.144. The standard InChI is InChI=1S/C8H12O2/c1-4-5-6-7(2)8(9)10-3/h1,7H,5-6H2,2-3H3/t7-/m0/s1. The summed E-state index contributed by atoms with van der Waals surface area (Å²) < 4.78 is 4.50. The van der Waals surface area contributed by atoms with Gasteiger partial charge in [0.1, 0.15) is 0 Å². The molecule has 0 aromatic carbocycles. The predicted molar refractivity (Wildman–Crippen MR) is 39.2 cm³/mol. The number of hydrogen-bond acceptors (Lipinski definition) is 2. The van der Waals surface area contributed by atoms with Crippen LogP contribution in [-0.4, -0.2) is 13.1 Å². The molecular formula is C8H12O2. The molecule has 0 aromatic rings. The zero-order valence-electron chi connectivity index (χ0n) is 6.39. The topological polar surface area (TPSA) is 26.3 Å². The Labute approximate surface area is 61.6 Å². The number of carbonyl (C=O) groups is 1. The summed E-state index contributed by atoms with van der Waals surface area (Å²) in [7, 11) is 1.38. The van der Waals surface area contributed by atoms with E-state index in [4.69, 9.17) is 6.42 Å². The Bertz CT molecular complexity index is 144. The summed E-state index contributed by atoms with van der Waals surface area (Å²) in [6.07, 6.45) is 6.36. The van der Waals surface area contributed by atoms with Crippen LogP contribution in [0.4, 0.5) is 0 Å². The van der Waals surface area contributed by atoms with E-state index in [0.717, 1.165) is 0 Å². The molecule has 0 saturated carbocycles. The number of ether oxygens (including phenoxy) is 1. The van der Waals surface area contributed by atoms with E-state index >= 15 is 0 Å². The molecule has 2 heteroatoms. The van der Waals surface area contributed by atoms with E-state index in [9.17, 15) is 4.79 Å². The molecule has 0 spiro atoms. The molecule has 0 bridgehead atoms. The van der Waals surface area contributed by atoms with Gasteiger partial charge in [-0.15, -0.1) is 12.3 Å². The summed E-state index contributed by atoms with van der Waals surface area (Å²) in [5, 5.41) is 0. The zero-order chi connectivity index (χ0) is 7.98. The number of esters is 1. The van der Waals surface area contributed by atoms with Crippen molar-refractivity contribution in [3.05, 3.63) is 0 Å². The van der Waals surface area contributed by atoms with E-state index in [1.165, 1.54) is 7.11 Å². The Kier molecular flexibility index (Phi) is 4.39. The molecule has 10 heavy (non-hydrogen) atoms. The Morgan fingerprint density at radius 1 is 1.80 bits per heavy atom. The quantitative estimate of drug-likeness (QED) is 0.435. The van der Waals surface area contributed by atoms with Crippen molar-refractivity contribution in [2.24, 2.45) is 5.92 Å². The van der Waals surface area contributed by atoms with Gasteiger partial charge in [0, 0.05) is 6.42 Å². The average molecular weight is 140 g/mol. The molecule has 0 fully saturated rings. The second-order valence-corrected chi connectivity index (χ2v) is 2.17. The van der Waals surface area contributed by atoms with E-state index < -0.39 is 0 Å². The minimum atomic E-state index is -0.185. The van der Waals surface area contributed by atoms with Crippen molar-refractivity contribution in [1.29, 1.82) is 0 Å².